The molecule has 0 saturated carbocycles. The standard InChI is InChI=1S/C30H41N3O6/c1-22(2)19-27(30(36)39-21-24-9-12-25(37-3)13-10-24)32-29(35)26(14-11-23-7-5-4-6-8-23)31-28(34)20-33-15-17-38-18-16-33/h4-10,12-13,22,26-27H,11,14-21H2,1-3H3,(H,31,34)(H,32,35)/t26-,27-/m0/s1. The predicted molar refractivity (Wildman–Crippen MR) is 148 cm³/mol. The van der Waals surface area contributed by atoms with Crippen molar-refractivity contribution in [3.05, 3.63) is 65.7 Å². The van der Waals surface area contributed by atoms with Gasteiger partial charge in [0.2, 0.25) is 11.8 Å². The van der Waals surface area contributed by atoms with Gasteiger partial charge in [0.15, 0.2) is 0 Å². The van der Waals surface area contributed by atoms with E-state index < -0.39 is 24.0 Å². The smallest absolute Gasteiger partial charge is 0.328 e. The van der Waals surface area contributed by atoms with Gasteiger partial charge >= 0.3 is 5.97 Å². The Balaban J connectivity index is 1.64. The normalized spacial score (nSPS) is 15.3. The van der Waals surface area contributed by atoms with Crippen molar-refractivity contribution in [1.82, 2.24) is 15.5 Å². The number of methoxy groups -OCH3 is 1. The van der Waals surface area contributed by atoms with E-state index in [9.17, 15) is 14.4 Å². The maximum Gasteiger partial charge on any atom is 0.328 e. The van der Waals surface area contributed by atoms with Gasteiger partial charge in [0.25, 0.3) is 0 Å². The van der Waals surface area contributed by atoms with Crippen molar-refractivity contribution in [1.29, 1.82) is 0 Å². The van der Waals surface area contributed by atoms with Crippen molar-refractivity contribution in [2.45, 2.75) is 51.8 Å². The monoisotopic (exact) mass is 539 g/mol. The molecule has 1 fully saturated rings. The van der Waals surface area contributed by atoms with Crippen LogP contribution < -0.4 is 15.4 Å². The summed E-state index contributed by atoms with van der Waals surface area (Å²) in [6, 6.07) is 15.4. The van der Waals surface area contributed by atoms with E-state index in [2.05, 4.69) is 10.6 Å². The van der Waals surface area contributed by atoms with Crippen LogP contribution in [0.5, 0.6) is 5.75 Å². The minimum absolute atomic E-state index is 0.0843. The number of nitrogens with zero attached hydrogens (tertiary/aromatic N) is 1. The van der Waals surface area contributed by atoms with Crippen LogP contribution in [0.2, 0.25) is 0 Å². The molecule has 2 aromatic carbocycles. The molecule has 0 radical (unpaired) electrons. The van der Waals surface area contributed by atoms with Gasteiger partial charge in [-0.2, -0.15) is 0 Å². The van der Waals surface area contributed by atoms with Gasteiger partial charge in [-0.05, 0) is 48.4 Å². The number of hydrogen-bond donors (Lipinski definition) is 2. The summed E-state index contributed by atoms with van der Waals surface area (Å²) < 4.78 is 16.1. The highest BCUT2D eigenvalue weighted by molar-refractivity contribution is 5.91. The van der Waals surface area contributed by atoms with Gasteiger partial charge in [0, 0.05) is 13.1 Å². The summed E-state index contributed by atoms with van der Waals surface area (Å²) in [5.41, 5.74) is 1.88. The number of esters is 1. The number of carbonyl (C=O) groups is 3. The zero-order chi connectivity index (χ0) is 28.0. The third-order valence-corrected chi connectivity index (χ3v) is 6.54. The fourth-order valence-corrected chi connectivity index (χ4v) is 4.36. The van der Waals surface area contributed by atoms with E-state index in [1.807, 2.05) is 61.2 Å². The number of rotatable bonds is 14. The number of aryl methyl sites for hydroxylation is 1. The van der Waals surface area contributed by atoms with E-state index in [0.717, 1.165) is 11.1 Å². The molecule has 1 heterocycles. The van der Waals surface area contributed by atoms with Crippen LogP contribution in [0, 0.1) is 5.92 Å². The molecule has 0 unspecified atom stereocenters. The number of carbonyl (C=O) groups excluding carboxylic acids is 3. The third-order valence-electron chi connectivity index (χ3n) is 6.54. The lowest BCUT2D eigenvalue weighted by Crippen LogP contribution is -2.54. The quantitative estimate of drug-likeness (QED) is 0.356. The largest absolute Gasteiger partial charge is 0.497 e. The first-order valence-corrected chi connectivity index (χ1v) is 13.6. The van der Waals surface area contributed by atoms with Crippen molar-refractivity contribution in [3.8, 4) is 5.75 Å². The molecular formula is C30H41N3O6. The molecule has 2 N–H and O–H groups in total. The third kappa shape index (κ3) is 10.7. The summed E-state index contributed by atoms with van der Waals surface area (Å²) in [7, 11) is 1.59. The molecular weight excluding hydrogens is 498 g/mol. The SMILES string of the molecule is COc1ccc(COC(=O)[C@H](CC(C)C)NC(=O)[C@H](CCc2ccccc2)NC(=O)CN2CCOCC2)cc1. The van der Waals surface area contributed by atoms with Crippen LogP contribution in [0.3, 0.4) is 0 Å². The summed E-state index contributed by atoms with van der Waals surface area (Å²) in [5.74, 6) is -0.273. The lowest BCUT2D eigenvalue weighted by atomic mass is 10.0. The molecule has 1 saturated heterocycles. The number of benzene rings is 2. The van der Waals surface area contributed by atoms with Gasteiger partial charge in [-0.15, -0.1) is 0 Å². The van der Waals surface area contributed by atoms with Crippen LogP contribution in [-0.2, 0) is 36.9 Å². The molecule has 0 bridgehead atoms. The van der Waals surface area contributed by atoms with Crippen molar-refractivity contribution >= 4 is 17.8 Å². The van der Waals surface area contributed by atoms with Gasteiger partial charge < -0.3 is 24.8 Å². The average molecular weight is 540 g/mol. The van der Waals surface area contributed by atoms with Crippen LogP contribution in [0.15, 0.2) is 54.6 Å². The molecule has 39 heavy (non-hydrogen) atoms. The van der Waals surface area contributed by atoms with Gasteiger partial charge in [-0.3, -0.25) is 14.5 Å². The van der Waals surface area contributed by atoms with Crippen molar-refractivity contribution in [2.24, 2.45) is 5.92 Å². The fourth-order valence-electron chi connectivity index (χ4n) is 4.36. The molecule has 2 aromatic rings. The van der Waals surface area contributed by atoms with Crippen LogP contribution in [0.1, 0.15) is 37.8 Å². The van der Waals surface area contributed by atoms with E-state index in [0.29, 0.717) is 51.3 Å². The first-order chi connectivity index (χ1) is 18.8. The summed E-state index contributed by atoms with van der Waals surface area (Å²) in [5, 5.41) is 5.77. The predicted octanol–water partition coefficient (Wildman–Crippen LogP) is 2.72. The Morgan fingerprint density at radius 2 is 1.62 bits per heavy atom. The Morgan fingerprint density at radius 3 is 2.26 bits per heavy atom. The number of amides is 2. The molecule has 1 aliphatic heterocycles. The minimum atomic E-state index is -0.828. The maximum absolute atomic E-state index is 13.5. The van der Waals surface area contributed by atoms with Crippen LogP contribution in [0.4, 0.5) is 0 Å². The zero-order valence-electron chi connectivity index (χ0n) is 23.2. The number of hydrogen-bond acceptors (Lipinski definition) is 7. The van der Waals surface area contributed by atoms with E-state index in [1.54, 1.807) is 19.2 Å². The van der Waals surface area contributed by atoms with Crippen molar-refractivity contribution < 1.29 is 28.6 Å². The Bertz CT molecular complexity index is 1040. The average Bonchev–Trinajstić information content (AvgIpc) is 2.94. The van der Waals surface area contributed by atoms with E-state index in [1.165, 1.54) is 0 Å². The zero-order valence-corrected chi connectivity index (χ0v) is 23.2. The van der Waals surface area contributed by atoms with Crippen molar-refractivity contribution in [3.63, 3.8) is 0 Å². The molecule has 9 nitrogen and oxygen atoms in total. The van der Waals surface area contributed by atoms with Gasteiger partial charge in [-0.25, -0.2) is 4.79 Å². The second kappa shape index (κ2) is 15.9. The Hall–Kier alpha value is -3.43. The highest BCUT2D eigenvalue weighted by Crippen LogP contribution is 2.14. The highest BCUT2D eigenvalue weighted by Gasteiger charge is 2.29. The molecule has 9 heteroatoms. The van der Waals surface area contributed by atoms with E-state index in [4.69, 9.17) is 14.2 Å². The molecule has 212 valence electrons. The topological polar surface area (TPSA) is 106 Å². The van der Waals surface area contributed by atoms with Gasteiger partial charge in [0.05, 0.1) is 26.9 Å². The first-order valence-electron chi connectivity index (χ1n) is 13.6. The summed E-state index contributed by atoms with van der Waals surface area (Å²) >= 11 is 0. The molecule has 3 rings (SSSR count). The fraction of sp³-hybridized carbons (Fsp3) is 0.500. The van der Waals surface area contributed by atoms with E-state index in [-0.39, 0.29) is 25.0 Å². The summed E-state index contributed by atoms with van der Waals surface area (Å²) in [6.07, 6.45) is 1.42. The number of nitrogens with one attached hydrogen (secondary N) is 2. The van der Waals surface area contributed by atoms with Gasteiger partial charge in [0.1, 0.15) is 24.4 Å². The summed E-state index contributed by atoms with van der Waals surface area (Å²) in [6.45, 7) is 6.75. The van der Waals surface area contributed by atoms with Gasteiger partial charge in [-0.1, -0.05) is 56.3 Å². The Kier molecular flexibility index (Phi) is 12.2. The Morgan fingerprint density at radius 1 is 0.923 bits per heavy atom. The second-order valence-electron chi connectivity index (χ2n) is 10.2. The second-order valence-corrected chi connectivity index (χ2v) is 10.2. The molecule has 2 atom stereocenters. The Labute approximate surface area is 231 Å². The van der Waals surface area contributed by atoms with Crippen molar-refractivity contribution in [2.75, 3.05) is 40.0 Å². The molecule has 0 spiro atoms. The number of ether oxygens (including phenoxy) is 3. The molecule has 0 aliphatic carbocycles. The van der Waals surface area contributed by atoms with Crippen LogP contribution in [0.25, 0.3) is 0 Å². The van der Waals surface area contributed by atoms with Crippen LogP contribution in [-0.4, -0.2) is 74.7 Å². The lowest BCUT2D eigenvalue weighted by Gasteiger charge is -2.27. The minimum Gasteiger partial charge on any atom is -0.497 e. The maximum atomic E-state index is 13.5. The number of morpholine rings is 1. The first kappa shape index (κ1) is 30.1. The van der Waals surface area contributed by atoms with Crippen LogP contribution >= 0.6 is 0 Å². The lowest BCUT2D eigenvalue weighted by molar-refractivity contribution is -0.149. The molecule has 2 amide bonds. The molecule has 0 aromatic heterocycles. The summed E-state index contributed by atoms with van der Waals surface area (Å²) in [4.78, 5) is 41.4. The highest BCUT2D eigenvalue weighted by atomic mass is 16.5. The molecule has 1 aliphatic rings. The van der Waals surface area contributed by atoms with E-state index >= 15 is 0 Å².